The molecule has 1 aliphatic heterocycles. The molecule has 1 fully saturated rings. The van der Waals surface area contributed by atoms with E-state index < -0.39 is 0 Å². The standard InChI is InChI=1S/C17H26N2O4/c1-4-14-6-7-15(23-14)16(20)18-8-5-9-19(11-10-18)17(21)22-12-13(2)3/h6-7,13H,4-5,8-12H2,1-3H3. The topological polar surface area (TPSA) is 63.0 Å². The van der Waals surface area contributed by atoms with Gasteiger partial charge in [-0.25, -0.2) is 4.79 Å². The highest BCUT2D eigenvalue weighted by Crippen LogP contribution is 2.14. The molecule has 2 heterocycles. The minimum Gasteiger partial charge on any atom is -0.456 e. The lowest BCUT2D eigenvalue weighted by atomic mass is 10.2. The van der Waals surface area contributed by atoms with Gasteiger partial charge in [0.1, 0.15) is 5.76 Å². The maximum absolute atomic E-state index is 12.5. The van der Waals surface area contributed by atoms with Crippen LogP contribution in [0.2, 0.25) is 0 Å². The zero-order valence-corrected chi connectivity index (χ0v) is 14.2. The highest BCUT2D eigenvalue weighted by atomic mass is 16.6. The average molecular weight is 322 g/mol. The van der Waals surface area contributed by atoms with E-state index in [1.165, 1.54) is 0 Å². The van der Waals surface area contributed by atoms with Gasteiger partial charge in [0.05, 0.1) is 6.61 Å². The number of amides is 2. The molecule has 0 atom stereocenters. The van der Waals surface area contributed by atoms with Crippen LogP contribution in [0.3, 0.4) is 0 Å². The average Bonchev–Trinajstić information content (AvgIpc) is 2.88. The van der Waals surface area contributed by atoms with Gasteiger partial charge in [0.25, 0.3) is 5.91 Å². The first-order valence-corrected chi connectivity index (χ1v) is 8.31. The van der Waals surface area contributed by atoms with Crippen LogP contribution in [-0.2, 0) is 11.2 Å². The van der Waals surface area contributed by atoms with Crippen molar-refractivity contribution in [1.82, 2.24) is 9.80 Å². The molecule has 128 valence electrons. The van der Waals surface area contributed by atoms with Gasteiger partial charge in [0.2, 0.25) is 0 Å². The Hall–Kier alpha value is -1.98. The van der Waals surface area contributed by atoms with Crippen molar-refractivity contribution in [2.75, 3.05) is 32.8 Å². The van der Waals surface area contributed by atoms with Crippen LogP contribution in [0.5, 0.6) is 0 Å². The molecule has 1 aromatic rings. The molecule has 1 saturated heterocycles. The number of furan rings is 1. The molecule has 6 nitrogen and oxygen atoms in total. The molecule has 6 heteroatoms. The summed E-state index contributed by atoms with van der Waals surface area (Å²) in [6.07, 6.45) is 1.21. The van der Waals surface area contributed by atoms with Gasteiger partial charge in [-0.15, -0.1) is 0 Å². The minimum atomic E-state index is -0.292. The van der Waals surface area contributed by atoms with E-state index in [-0.39, 0.29) is 12.0 Å². The quantitative estimate of drug-likeness (QED) is 0.855. The van der Waals surface area contributed by atoms with E-state index >= 15 is 0 Å². The first kappa shape index (κ1) is 17.4. The van der Waals surface area contributed by atoms with Crippen LogP contribution in [0.4, 0.5) is 4.79 Å². The molecule has 0 aliphatic carbocycles. The van der Waals surface area contributed by atoms with E-state index in [0.29, 0.717) is 44.5 Å². The van der Waals surface area contributed by atoms with Crippen molar-refractivity contribution in [3.05, 3.63) is 23.7 Å². The maximum atomic E-state index is 12.5. The summed E-state index contributed by atoms with van der Waals surface area (Å²) >= 11 is 0. The molecular formula is C17H26N2O4. The third-order valence-electron chi connectivity index (χ3n) is 3.80. The lowest BCUT2D eigenvalue weighted by molar-refractivity contribution is 0.0715. The van der Waals surface area contributed by atoms with E-state index in [4.69, 9.17) is 9.15 Å². The van der Waals surface area contributed by atoms with Crippen molar-refractivity contribution in [2.24, 2.45) is 5.92 Å². The molecule has 0 aromatic carbocycles. The second kappa shape index (κ2) is 8.04. The van der Waals surface area contributed by atoms with Gasteiger partial charge in [-0.05, 0) is 24.5 Å². The number of carbonyl (C=O) groups excluding carboxylic acids is 2. The fourth-order valence-electron chi connectivity index (χ4n) is 2.47. The van der Waals surface area contributed by atoms with Crippen molar-refractivity contribution in [2.45, 2.75) is 33.6 Å². The molecule has 1 aromatic heterocycles. The summed E-state index contributed by atoms with van der Waals surface area (Å²) in [6, 6.07) is 3.56. The third-order valence-corrected chi connectivity index (χ3v) is 3.80. The highest BCUT2D eigenvalue weighted by Gasteiger charge is 2.25. The molecule has 23 heavy (non-hydrogen) atoms. The molecule has 0 radical (unpaired) electrons. The van der Waals surface area contributed by atoms with Crippen LogP contribution in [0.25, 0.3) is 0 Å². The number of rotatable bonds is 4. The van der Waals surface area contributed by atoms with E-state index in [2.05, 4.69) is 0 Å². The molecule has 0 bridgehead atoms. The molecule has 0 unspecified atom stereocenters. The van der Waals surface area contributed by atoms with Crippen LogP contribution in [-0.4, -0.2) is 54.6 Å². The second-order valence-electron chi connectivity index (χ2n) is 6.22. The Balaban J connectivity index is 1.90. The second-order valence-corrected chi connectivity index (χ2v) is 6.22. The lowest BCUT2D eigenvalue weighted by Gasteiger charge is -2.21. The van der Waals surface area contributed by atoms with Crippen molar-refractivity contribution < 1.29 is 18.7 Å². The zero-order valence-electron chi connectivity index (χ0n) is 14.2. The smallest absolute Gasteiger partial charge is 0.409 e. The zero-order chi connectivity index (χ0) is 16.8. The van der Waals surface area contributed by atoms with E-state index in [1.54, 1.807) is 15.9 Å². The summed E-state index contributed by atoms with van der Waals surface area (Å²) in [4.78, 5) is 27.9. The van der Waals surface area contributed by atoms with Gasteiger partial charge in [-0.1, -0.05) is 20.8 Å². The van der Waals surface area contributed by atoms with Gasteiger partial charge < -0.3 is 19.0 Å². The number of carbonyl (C=O) groups is 2. The summed E-state index contributed by atoms with van der Waals surface area (Å²) in [6.45, 7) is 8.63. The van der Waals surface area contributed by atoms with Gasteiger partial charge in [0, 0.05) is 32.6 Å². The van der Waals surface area contributed by atoms with Gasteiger partial charge in [0.15, 0.2) is 5.76 Å². The molecule has 0 N–H and O–H groups in total. The van der Waals surface area contributed by atoms with Crippen molar-refractivity contribution >= 4 is 12.0 Å². The Kier molecular flexibility index (Phi) is 6.07. The van der Waals surface area contributed by atoms with E-state index in [1.807, 2.05) is 26.8 Å². The number of hydrogen-bond donors (Lipinski definition) is 0. The summed E-state index contributed by atoms with van der Waals surface area (Å²) in [5.41, 5.74) is 0. The maximum Gasteiger partial charge on any atom is 0.409 e. The summed E-state index contributed by atoms with van der Waals surface area (Å²) in [5, 5.41) is 0. The van der Waals surface area contributed by atoms with Gasteiger partial charge >= 0.3 is 6.09 Å². The predicted molar refractivity (Wildman–Crippen MR) is 86.4 cm³/mol. The SMILES string of the molecule is CCc1ccc(C(=O)N2CCCN(C(=O)OCC(C)C)CC2)o1. The summed E-state index contributed by atoms with van der Waals surface area (Å²) < 4.78 is 10.8. The van der Waals surface area contributed by atoms with Crippen LogP contribution in [0.15, 0.2) is 16.5 Å². The monoisotopic (exact) mass is 322 g/mol. The Morgan fingerprint density at radius 2 is 1.87 bits per heavy atom. The van der Waals surface area contributed by atoms with E-state index in [9.17, 15) is 9.59 Å². The Bertz CT molecular complexity index is 538. The van der Waals surface area contributed by atoms with Gasteiger partial charge in [-0.3, -0.25) is 4.79 Å². The summed E-state index contributed by atoms with van der Waals surface area (Å²) in [5.74, 6) is 1.39. The van der Waals surface area contributed by atoms with Crippen molar-refractivity contribution in [3.63, 3.8) is 0 Å². The van der Waals surface area contributed by atoms with Crippen molar-refractivity contribution in [1.29, 1.82) is 0 Å². The Morgan fingerprint density at radius 3 is 2.52 bits per heavy atom. The van der Waals surface area contributed by atoms with Crippen LogP contribution < -0.4 is 0 Å². The number of nitrogens with zero attached hydrogens (tertiary/aromatic N) is 2. The number of ether oxygens (including phenoxy) is 1. The summed E-state index contributed by atoms with van der Waals surface area (Å²) in [7, 11) is 0. The normalized spacial score (nSPS) is 15.7. The first-order valence-electron chi connectivity index (χ1n) is 8.31. The molecule has 2 rings (SSSR count). The van der Waals surface area contributed by atoms with E-state index in [0.717, 1.165) is 18.6 Å². The Morgan fingerprint density at radius 1 is 1.17 bits per heavy atom. The number of aryl methyl sites for hydroxylation is 1. The largest absolute Gasteiger partial charge is 0.456 e. The number of hydrogen-bond acceptors (Lipinski definition) is 4. The van der Waals surface area contributed by atoms with Crippen LogP contribution in [0, 0.1) is 5.92 Å². The minimum absolute atomic E-state index is 0.109. The molecule has 1 aliphatic rings. The lowest BCUT2D eigenvalue weighted by Crippen LogP contribution is -2.37. The predicted octanol–water partition coefficient (Wildman–Crippen LogP) is 2.78. The fourth-order valence-corrected chi connectivity index (χ4v) is 2.47. The molecular weight excluding hydrogens is 296 g/mol. The first-order chi connectivity index (χ1) is 11.0. The van der Waals surface area contributed by atoms with Gasteiger partial charge in [-0.2, -0.15) is 0 Å². The molecule has 0 saturated carbocycles. The molecule has 0 spiro atoms. The third kappa shape index (κ3) is 4.74. The molecule has 2 amide bonds. The van der Waals surface area contributed by atoms with Crippen molar-refractivity contribution in [3.8, 4) is 0 Å². The highest BCUT2D eigenvalue weighted by molar-refractivity contribution is 5.91. The van der Waals surface area contributed by atoms with Crippen LogP contribution >= 0.6 is 0 Å². The Labute approximate surface area is 137 Å². The van der Waals surface area contributed by atoms with Crippen LogP contribution in [0.1, 0.15) is 43.5 Å². The fraction of sp³-hybridized carbons (Fsp3) is 0.647.